The van der Waals surface area contributed by atoms with Crippen LogP contribution < -0.4 is 5.73 Å². The van der Waals surface area contributed by atoms with E-state index >= 15 is 0 Å². The number of piperidine rings is 1. The fourth-order valence-corrected chi connectivity index (χ4v) is 3.32. The standard InChI is InChI=1S/C16H26N2O/c1-4-15(17)18-9-8-13(11-16(18,2)3)12-6-5-7-14(19)10-12/h5-7,10,13,15,19H,4,8-9,11,17H2,1-3H3/t13-,15?/m1/s1. The van der Waals surface area contributed by atoms with E-state index in [1.165, 1.54) is 5.56 Å². The van der Waals surface area contributed by atoms with E-state index in [2.05, 4.69) is 31.7 Å². The molecule has 0 bridgehead atoms. The van der Waals surface area contributed by atoms with Crippen molar-refractivity contribution in [2.75, 3.05) is 6.54 Å². The Morgan fingerprint density at radius 2 is 2.21 bits per heavy atom. The van der Waals surface area contributed by atoms with Crippen molar-refractivity contribution < 1.29 is 5.11 Å². The maximum Gasteiger partial charge on any atom is 0.115 e. The number of nitrogens with zero attached hydrogens (tertiary/aromatic N) is 1. The summed E-state index contributed by atoms with van der Waals surface area (Å²) in [6.45, 7) is 7.72. The number of rotatable bonds is 3. The van der Waals surface area contributed by atoms with Crippen molar-refractivity contribution in [3.8, 4) is 5.75 Å². The first-order valence-electron chi connectivity index (χ1n) is 7.25. The molecule has 19 heavy (non-hydrogen) atoms. The van der Waals surface area contributed by atoms with E-state index < -0.39 is 0 Å². The average Bonchev–Trinajstić information content (AvgIpc) is 2.36. The zero-order chi connectivity index (χ0) is 14.0. The Labute approximate surface area is 116 Å². The highest BCUT2D eigenvalue weighted by Gasteiger charge is 2.37. The lowest BCUT2D eigenvalue weighted by Gasteiger charge is -2.48. The summed E-state index contributed by atoms with van der Waals surface area (Å²) in [6, 6.07) is 7.69. The molecule has 1 aromatic carbocycles. The minimum absolute atomic E-state index is 0.115. The zero-order valence-corrected chi connectivity index (χ0v) is 12.3. The van der Waals surface area contributed by atoms with Crippen LogP contribution in [-0.2, 0) is 0 Å². The van der Waals surface area contributed by atoms with E-state index in [1.807, 2.05) is 12.1 Å². The molecule has 3 N–H and O–H groups in total. The van der Waals surface area contributed by atoms with Crippen molar-refractivity contribution in [2.24, 2.45) is 5.73 Å². The molecule has 1 saturated heterocycles. The highest BCUT2D eigenvalue weighted by molar-refractivity contribution is 5.30. The number of nitrogens with two attached hydrogens (primary N) is 1. The summed E-state index contributed by atoms with van der Waals surface area (Å²) in [5.41, 5.74) is 7.58. The van der Waals surface area contributed by atoms with Gasteiger partial charge in [0.05, 0.1) is 6.17 Å². The predicted molar refractivity (Wildman–Crippen MR) is 79.1 cm³/mol. The summed E-state index contributed by atoms with van der Waals surface area (Å²) in [5.74, 6) is 0.880. The van der Waals surface area contributed by atoms with Crippen LogP contribution in [0.1, 0.15) is 51.5 Å². The summed E-state index contributed by atoms with van der Waals surface area (Å²) in [4.78, 5) is 2.42. The smallest absolute Gasteiger partial charge is 0.115 e. The van der Waals surface area contributed by atoms with Crippen LogP contribution >= 0.6 is 0 Å². The molecule has 1 aromatic rings. The molecule has 2 atom stereocenters. The number of hydrogen-bond donors (Lipinski definition) is 2. The number of hydrogen-bond acceptors (Lipinski definition) is 3. The molecule has 0 aromatic heterocycles. The maximum absolute atomic E-state index is 9.62. The number of phenolic OH excluding ortho intramolecular Hbond substituents is 1. The SMILES string of the molecule is CCC(N)N1CC[C@@H](c2cccc(O)c2)CC1(C)C. The summed E-state index contributed by atoms with van der Waals surface area (Å²) in [7, 11) is 0. The second-order valence-electron chi connectivity index (χ2n) is 6.27. The van der Waals surface area contributed by atoms with Gasteiger partial charge in [0.1, 0.15) is 5.75 Å². The Kier molecular flexibility index (Phi) is 4.16. The topological polar surface area (TPSA) is 49.5 Å². The third kappa shape index (κ3) is 3.10. The van der Waals surface area contributed by atoms with Gasteiger partial charge in [-0.05, 0) is 56.7 Å². The predicted octanol–water partition coefficient (Wildman–Crippen LogP) is 3.05. The van der Waals surface area contributed by atoms with E-state index in [0.29, 0.717) is 11.7 Å². The van der Waals surface area contributed by atoms with Gasteiger partial charge in [-0.1, -0.05) is 19.1 Å². The van der Waals surface area contributed by atoms with Gasteiger partial charge in [-0.25, -0.2) is 0 Å². The molecule has 1 heterocycles. The molecule has 1 aliphatic heterocycles. The molecule has 106 valence electrons. The molecule has 3 heteroatoms. The van der Waals surface area contributed by atoms with Crippen LogP contribution in [0, 0.1) is 0 Å². The minimum Gasteiger partial charge on any atom is -0.508 e. The molecule has 2 rings (SSSR count). The molecule has 1 fully saturated rings. The van der Waals surface area contributed by atoms with Crippen LogP contribution in [0.25, 0.3) is 0 Å². The Hall–Kier alpha value is -1.06. The Balaban J connectivity index is 2.14. The lowest BCUT2D eigenvalue weighted by atomic mass is 9.78. The first-order chi connectivity index (χ1) is 8.94. The Bertz CT molecular complexity index is 431. The molecular formula is C16H26N2O. The monoisotopic (exact) mass is 262 g/mol. The summed E-state index contributed by atoms with van der Waals surface area (Å²) >= 11 is 0. The summed E-state index contributed by atoms with van der Waals surface area (Å²) < 4.78 is 0. The quantitative estimate of drug-likeness (QED) is 0.880. The van der Waals surface area contributed by atoms with E-state index in [9.17, 15) is 5.11 Å². The van der Waals surface area contributed by atoms with Gasteiger partial charge < -0.3 is 10.8 Å². The van der Waals surface area contributed by atoms with Crippen LogP contribution in [0.2, 0.25) is 0 Å². The van der Waals surface area contributed by atoms with Crippen LogP contribution in [-0.4, -0.2) is 28.3 Å². The minimum atomic E-state index is 0.115. The van der Waals surface area contributed by atoms with Gasteiger partial charge in [0.25, 0.3) is 0 Å². The number of benzene rings is 1. The lowest BCUT2D eigenvalue weighted by Crippen LogP contribution is -2.57. The van der Waals surface area contributed by atoms with Crippen LogP contribution in [0.5, 0.6) is 5.75 Å². The molecule has 1 unspecified atom stereocenters. The molecular weight excluding hydrogens is 236 g/mol. The van der Waals surface area contributed by atoms with Crippen molar-refractivity contribution in [1.29, 1.82) is 0 Å². The molecule has 3 nitrogen and oxygen atoms in total. The highest BCUT2D eigenvalue weighted by atomic mass is 16.3. The largest absolute Gasteiger partial charge is 0.508 e. The van der Waals surface area contributed by atoms with Crippen LogP contribution in [0.4, 0.5) is 0 Å². The third-order valence-corrected chi connectivity index (χ3v) is 4.40. The fourth-order valence-electron chi connectivity index (χ4n) is 3.32. The van der Waals surface area contributed by atoms with Gasteiger partial charge in [0.2, 0.25) is 0 Å². The van der Waals surface area contributed by atoms with E-state index in [1.54, 1.807) is 6.07 Å². The van der Waals surface area contributed by atoms with E-state index in [4.69, 9.17) is 5.73 Å². The fraction of sp³-hybridized carbons (Fsp3) is 0.625. The second-order valence-corrected chi connectivity index (χ2v) is 6.27. The van der Waals surface area contributed by atoms with Gasteiger partial charge in [-0.2, -0.15) is 0 Å². The van der Waals surface area contributed by atoms with Gasteiger partial charge in [-0.3, -0.25) is 4.90 Å². The summed E-state index contributed by atoms with van der Waals surface area (Å²) in [5, 5.41) is 9.62. The van der Waals surface area contributed by atoms with Crippen molar-refractivity contribution in [3.05, 3.63) is 29.8 Å². The molecule has 1 aliphatic rings. The summed E-state index contributed by atoms with van der Waals surface area (Å²) in [6.07, 6.45) is 3.34. The number of phenols is 1. The van der Waals surface area contributed by atoms with Gasteiger partial charge >= 0.3 is 0 Å². The van der Waals surface area contributed by atoms with Crippen molar-refractivity contribution >= 4 is 0 Å². The first-order valence-corrected chi connectivity index (χ1v) is 7.25. The van der Waals surface area contributed by atoms with Gasteiger partial charge in [-0.15, -0.1) is 0 Å². The Morgan fingerprint density at radius 3 is 2.79 bits per heavy atom. The van der Waals surface area contributed by atoms with E-state index in [0.717, 1.165) is 25.8 Å². The van der Waals surface area contributed by atoms with E-state index in [-0.39, 0.29) is 11.7 Å². The lowest BCUT2D eigenvalue weighted by molar-refractivity contribution is 0.0245. The van der Waals surface area contributed by atoms with Crippen LogP contribution in [0.3, 0.4) is 0 Å². The van der Waals surface area contributed by atoms with Crippen molar-refractivity contribution in [3.63, 3.8) is 0 Å². The van der Waals surface area contributed by atoms with Crippen molar-refractivity contribution in [1.82, 2.24) is 4.90 Å². The molecule has 0 spiro atoms. The average molecular weight is 262 g/mol. The highest BCUT2D eigenvalue weighted by Crippen LogP contribution is 2.38. The van der Waals surface area contributed by atoms with Gasteiger partial charge in [0.15, 0.2) is 0 Å². The number of aromatic hydroxyl groups is 1. The first kappa shape index (κ1) is 14.4. The normalized spacial score (nSPS) is 25.2. The molecule has 0 radical (unpaired) electrons. The molecule has 0 amide bonds. The maximum atomic E-state index is 9.62. The van der Waals surface area contributed by atoms with Gasteiger partial charge in [0, 0.05) is 12.1 Å². The molecule has 0 aliphatic carbocycles. The Morgan fingerprint density at radius 1 is 1.47 bits per heavy atom. The van der Waals surface area contributed by atoms with Crippen LogP contribution in [0.15, 0.2) is 24.3 Å². The third-order valence-electron chi connectivity index (χ3n) is 4.40. The number of likely N-dealkylation sites (tertiary alicyclic amines) is 1. The van der Waals surface area contributed by atoms with Crippen molar-refractivity contribution in [2.45, 2.75) is 57.7 Å². The molecule has 0 saturated carbocycles. The second kappa shape index (κ2) is 5.51. The zero-order valence-electron chi connectivity index (χ0n) is 12.3.